The molecule has 27 heavy (non-hydrogen) atoms. The highest BCUT2D eigenvalue weighted by molar-refractivity contribution is 6.35. The van der Waals surface area contributed by atoms with Gasteiger partial charge in [0, 0.05) is 22.8 Å². The lowest BCUT2D eigenvalue weighted by molar-refractivity contribution is 0.534. The Morgan fingerprint density at radius 2 is 2.07 bits per heavy atom. The molecule has 5 rings (SSSR count). The molecule has 4 aromatic rings. The van der Waals surface area contributed by atoms with E-state index in [2.05, 4.69) is 51.5 Å². The number of allylic oxidation sites excluding steroid dienone is 2. The molecular formula is C22H21ClN4. The fourth-order valence-electron chi connectivity index (χ4n) is 3.83. The molecule has 3 N–H and O–H groups in total. The summed E-state index contributed by atoms with van der Waals surface area (Å²) in [6, 6.07) is 12.4. The number of rotatable bonds is 3. The van der Waals surface area contributed by atoms with Crippen LogP contribution >= 0.6 is 11.6 Å². The molecule has 0 aliphatic heterocycles. The van der Waals surface area contributed by atoms with Crippen LogP contribution in [0.15, 0.2) is 48.7 Å². The highest BCUT2D eigenvalue weighted by atomic mass is 35.5. The zero-order chi connectivity index (χ0) is 18.4. The number of aromatic amines is 2. The molecule has 2 heterocycles. The van der Waals surface area contributed by atoms with Gasteiger partial charge >= 0.3 is 0 Å². The van der Waals surface area contributed by atoms with Gasteiger partial charge in [0.1, 0.15) is 0 Å². The van der Waals surface area contributed by atoms with E-state index in [1.165, 1.54) is 24.0 Å². The van der Waals surface area contributed by atoms with Crippen LogP contribution in [0.25, 0.3) is 27.5 Å². The second-order valence-electron chi connectivity index (χ2n) is 7.45. The maximum atomic E-state index is 6.37. The number of halogens is 1. The molecule has 0 fully saturated rings. The Balaban J connectivity index is 1.45. The summed E-state index contributed by atoms with van der Waals surface area (Å²) in [5.41, 5.74) is 6.64. The van der Waals surface area contributed by atoms with Crippen LogP contribution in [0.3, 0.4) is 0 Å². The van der Waals surface area contributed by atoms with Crippen LogP contribution in [0, 0.1) is 5.92 Å². The van der Waals surface area contributed by atoms with Crippen molar-refractivity contribution in [1.29, 1.82) is 0 Å². The van der Waals surface area contributed by atoms with Gasteiger partial charge in [-0.2, -0.15) is 0 Å². The largest absolute Gasteiger partial charge is 0.361 e. The van der Waals surface area contributed by atoms with Crippen LogP contribution in [0.2, 0.25) is 5.02 Å². The molecule has 1 atom stereocenters. The minimum atomic E-state index is 0.716. The van der Waals surface area contributed by atoms with Crippen molar-refractivity contribution in [3.05, 3.63) is 59.3 Å². The second-order valence-corrected chi connectivity index (χ2v) is 7.86. The normalized spacial score (nSPS) is 17.4. The van der Waals surface area contributed by atoms with E-state index in [0.717, 1.165) is 45.9 Å². The van der Waals surface area contributed by atoms with Crippen LogP contribution in [0.5, 0.6) is 0 Å². The predicted molar refractivity (Wildman–Crippen MR) is 114 cm³/mol. The number of hydrogen-bond donors (Lipinski definition) is 3. The van der Waals surface area contributed by atoms with E-state index in [0.29, 0.717) is 5.02 Å². The van der Waals surface area contributed by atoms with E-state index in [1.54, 1.807) is 0 Å². The minimum absolute atomic E-state index is 0.716. The van der Waals surface area contributed by atoms with Crippen molar-refractivity contribution >= 4 is 50.7 Å². The number of aromatic nitrogens is 3. The third-order valence-corrected chi connectivity index (χ3v) is 5.72. The highest BCUT2D eigenvalue weighted by Crippen LogP contribution is 2.32. The molecule has 1 aliphatic rings. The van der Waals surface area contributed by atoms with Crippen LogP contribution in [-0.2, 0) is 0 Å². The molecular weight excluding hydrogens is 356 g/mol. The van der Waals surface area contributed by atoms with E-state index < -0.39 is 0 Å². The smallest absolute Gasteiger partial charge is 0.205 e. The van der Waals surface area contributed by atoms with Crippen molar-refractivity contribution in [3.8, 4) is 0 Å². The first-order valence-corrected chi connectivity index (χ1v) is 9.76. The molecule has 5 heteroatoms. The van der Waals surface area contributed by atoms with Crippen molar-refractivity contribution in [2.75, 3.05) is 5.32 Å². The lowest BCUT2D eigenvalue weighted by Crippen LogP contribution is -2.00. The molecule has 4 nitrogen and oxygen atoms in total. The molecule has 1 unspecified atom stereocenters. The number of imidazole rings is 1. The molecule has 0 radical (unpaired) electrons. The van der Waals surface area contributed by atoms with Crippen molar-refractivity contribution < 1.29 is 0 Å². The van der Waals surface area contributed by atoms with Gasteiger partial charge < -0.3 is 15.3 Å². The molecule has 1 aliphatic carbocycles. The quantitative estimate of drug-likeness (QED) is 0.375. The van der Waals surface area contributed by atoms with Crippen LogP contribution in [-0.4, -0.2) is 15.0 Å². The average Bonchev–Trinajstić information content (AvgIpc) is 3.28. The van der Waals surface area contributed by atoms with Gasteiger partial charge in [0.05, 0.1) is 16.1 Å². The number of nitrogens with zero attached hydrogens (tertiary/aromatic N) is 1. The van der Waals surface area contributed by atoms with E-state index in [-0.39, 0.29) is 0 Å². The summed E-state index contributed by atoms with van der Waals surface area (Å²) in [5, 5.41) is 5.07. The van der Waals surface area contributed by atoms with Gasteiger partial charge in [-0.15, -0.1) is 0 Å². The summed E-state index contributed by atoms with van der Waals surface area (Å²) in [7, 11) is 0. The van der Waals surface area contributed by atoms with Gasteiger partial charge in [0.15, 0.2) is 0 Å². The van der Waals surface area contributed by atoms with Crippen molar-refractivity contribution in [2.24, 2.45) is 5.92 Å². The van der Waals surface area contributed by atoms with E-state index >= 15 is 0 Å². The third kappa shape index (κ3) is 3.10. The van der Waals surface area contributed by atoms with Crippen molar-refractivity contribution in [3.63, 3.8) is 0 Å². The molecule has 0 amide bonds. The van der Waals surface area contributed by atoms with Gasteiger partial charge in [-0.05, 0) is 66.6 Å². The van der Waals surface area contributed by atoms with Gasteiger partial charge in [-0.1, -0.05) is 30.7 Å². The fourth-order valence-corrected chi connectivity index (χ4v) is 4.11. The SMILES string of the molecule is CC1CC=C(c2ccc3nc(Nc4cc(Cl)c5cc[nH]c5c4)[nH]c3c2)CC1. The Hall–Kier alpha value is -2.72. The lowest BCUT2D eigenvalue weighted by Gasteiger charge is -2.18. The predicted octanol–water partition coefficient (Wildman–Crippen LogP) is 6.64. The Morgan fingerprint density at radius 3 is 2.93 bits per heavy atom. The lowest BCUT2D eigenvalue weighted by atomic mass is 9.88. The second kappa shape index (κ2) is 6.46. The van der Waals surface area contributed by atoms with Crippen molar-refractivity contribution in [2.45, 2.75) is 26.2 Å². The maximum absolute atomic E-state index is 6.37. The molecule has 0 bridgehead atoms. The Morgan fingerprint density at radius 1 is 1.15 bits per heavy atom. The first-order chi connectivity index (χ1) is 13.2. The Kier molecular flexibility index (Phi) is 3.94. The number of fused-ring (bicyclic) bond motifs is 2. The maximum Gasteiger partial charge on any atom is 0.205 e. The molecule has 0 saturated carbocycles. The Labute approximate surface area is 162 Å². The zero-order valence-corrected chi connectivity index (χ0v) is 15.9. The first-order valence-electron chi connectivity index (χ1n) is 9.38. The third-order valence-electron chi connectivity index (χ3n) is 5.41. The summed E-state index contributed by atoms with van der Waals surface area (Å²) in [5.74, 6) is 1.51. The standard InChI is InChI=1S/C22H21ClN4/c1-13-2-4-14(5-3-13)15-6-7-19-21(10-15)27-22(26-19)25-16-11-18(23)17-8-9-24-20(17)12-16/h4,6-13,24H,2-3,5H2,1H3,(H2,25,26,27). The first kappa shape index (κ1) is 16.5. The van der Waals surface area contributed by atoms with Gasteiger partial charge in [-0.25, -0.2) is 4.98 Å². The average molecular weight is 377 g/mol. The van der Waals surface area contributed by atoms with Gasteiger partial charge in [0.25, 0.3) is 0 Å². The zero-order valence-electron chi connectivity index (χ0n) is 15.1. The molecule has 2 aromatic heterocycles. The summed E-state index contributed by atoms with van der Waals surface area (Å²) >= 11 is 6.37. The summed E-state index contributed by atoms with van der Waals surface area (Å²) in [6.07, 6.45) is 7.87. The molecule has 2 aromatic carbocycles. The van der Waals surface area contributed by atoms with Gasteiger partial charge in [0.2, 0.25) is 5.95 Å². The molecule has 0 spiro atoms. The number of hydrogen-bond acceptors (Lipinski definition) is 2. The van der Waals surface area contributed by atoms with E-state index in [1.807, 2.05) is 24.4 Å². The van der Waals surface area contributed by atoms with E-state index in [9.17, 15) is 0 Å². The molecule has 0 saturated heterocycles. The number of anilines is 2. The summed E-state index contributed by atoms with van der Waals surface area (Å²) in [4.78, 5) is 11.3. The van der Waals surface area contributed by atoms with Gasteiger partial charge in [-0.3, -0.25) is 0 Å². The van der Waals surface area contributed by atoms with Crippen LogP contribution in [0.4, 0.5) is 11.6 Å². The number of nitrogens with one attached hydrogen (secondary N) is 3. The summed E-state index contributed by atoms with van der Waals surface area (Å²) < 4.78 is 0. The Bertz CT molecular complexity index is 1170. The van der Waals surface area contributed by atoms with E-state index in [4.69, 9.17) is 11.6 Å². The fraction of sp³-hybridized carbons (Fsp3) is 0.227. The van der Waals surface area contributed by atoms with Crippen molar-refractivity contribution in [1.82, 2.24) is 15.0 Å². The number of benzene rings is 2. The van der Waals surface area contributed by atoms with Crippen LogP contribution in [0.1, 0.15) is 31.7 Å². The monoisotopic (exact) mass is 376 g/mol. The highest BCUT2D eigenvalue weighted by Gasteiger charge is 2.13. The molecule has 136 valence electrons. The number of H-pyrrole nitrogens is 2. The topological polar surface area (TPSA) is 56.5 Å². The minimum Gasteiger partial charge on any atom is -0.361 e. The summed E-state index contributed by atoms with van der Waals surface area (Å²) in [6.45, 7) is 2.32. The van der Waals surface area contributed by atoms with Crippen LogP contribution < -0.4 is 5.32 Å².